The Morgan fingerprint density at radius 3 is 2.85 bits per heavy atom. The molecule has 0 radical (unpaired) electrons. The maximum Gasteiger partial charge on any atom is 0.305 e. The first-order valence-electron chi connectivity index (χ1n) is 5.80. The van der Waals surface area contributed by atoms with Crippen LogP contribution in [0.3, 0.4) is 0 Å². The molecule has 6 nitrogen and oxygen atoms in total. The van der Waals surface area contributed by atoms with Gasteiger partial charge in [-0.25, -0.2) is 0 Å². The fourth-order valence-corrected chi connectivity index (χ4v) is 1.96. The van der Waals surface area contributed by atoms with Crippen molar-refractivity contribution in [2.45, 2.75) is 12.5 Å². The van der Waals surface area contributed by atoms with Gasteiger partial charge in [-0.1, -0.05) is 11.6 Å². The van der Waals surface area contributed by atoms with Crippen LogP contribution in [0.5, 0.6) is 0 Å². The van der Waals surface area contributed by atoms with Crippen LogP contribution in [-0.4, -0.2) is 28.0 Å². The zero-order chi connectivity index (χ0) is 14.7. The van der Waals surface area contributed by atoms with E-state index in [9.17, 15) is 9.59 Å². The van der Waals surface area contributed by atoms with Crippen LogP contribution >= 0.6 is 11.6 Å². The SMILES string of the molecule is NC(CC(=O)O)C(=O)Nc1ccc(Cl)c2cccnc12. The van der Waals surface area contributed by atoms with Crippen molar-refractivity contribution in [3.8, 4) is 0 Å². The molecule has 4 N–H and O–H groups in total. The van der Waals surface area contributed by atoms with Gasteiger partial charge in [-0.15, -0.1) is 0 Å². The predicted molar refractivity (Wildman–Crippen MR) is 75.6 cm³/mol. The highest BCUT2D eigenvalue weighted by Crippen LogP contribution is 2.27. The number of aromatic nitrogens is 1. The molecule has 1 heterocycles. The summed E-state index contributed by atoms with van der Waals surface area (Å²) in [6.45, 7) is 0. The number of nitrogens with two attached hydrogens (primary N) is 1. The third-order valence-electron chi connectivity index (χ3n) is 2.71. The summed E-state index contributed by atoms with van der Waals surface area (Å²) in [6, 6.07) is 5.61. The van der Waals surface area contributed by atoms with Crippen molar-refractivity contribution >= 4 is 40.1 Å². The van der Waals surface area contributed by atoms with Crippen LogP contribution in [0.25, 0.3) is 10.9 Å². The molecule has 0 aliphatic heterocycles. The van der Waals surface area contributed by atoms with Gasteiger partial charge in [0, 0.05) is 11.6 Å². The molecule has 0 aliphatic rings. The van der Waals surface area contributed by atoms with Gasteiger partial charge >= 0.3 is 5.97 Å². The lowest BCUT2D eigenvalue weighted by atomic mass is 10.1. The van der Waals surface area contributed by atoms with E-state index in [1.54, 1.807) is 30.5 Å². The molecule has 0 aliphatic carbocycles. The number of anilines is 1. The molecule has 1 atom stereocenters. The number of pyridine rings is 1. The number of aliphatic carboxylic acids is 1. The van der Waals surface area contributed by atoms with Crippen LogP contribution in [0.2, 0.25) is 5.02 Å². The van der Waals surface area contributed by atoms with Gasteiger partial charge in [-0.2, -0.15) is 0 Å². The molecule has 0 bridgehead atoms. The Labute approximate surface area is 119 Å². The Morgan fingerprint density at radius 1 is 1.40 bits per heavy atom. The van der Waals surface area contributed by atoms with Crippen molar-refractivity contribution in [2.24, 2.45) is 5.73 Å². The van der Waals surface area contributed by atoms with Crippen LogP contribution in [0.4, 0.5) is 5.69 Å². The molecule has 0 saturated heterocycles. The fraction of sp³-hybridized carbons (Fsp3) is 0.154. The highest BCUT2D eigenvalue weighted by molar-refractivity contribution is 6.35. The van der Waals surface area contributed by atoms with Crippen molar-refractivity contribution in [2.75, 3.05) is 5.32 Å². The monoisotopic (exact) mass is 293 g/mol. The van der Waals surface area contributed by atoms with Gasteiger partial charge in [0.2, 0.25) is 5.91 Å². The number of amides is 1. The molecular formula is C13H12ClN3O3. The Bertz CT molecular complexity index is 675. The van der Waals surface area contributed by atoms with Crippen molar-refractivity contribution in [1.82, 2.24) is 4.98 Å². The number of carboxylic acid groups (broad SMARTS) is 1. The van der Waals surface area contributed by atoms with Gasteiger partial charge in [0.25, 0.3) is 0 Å². The molecule has 1 unspecified atom stereocenters. The van der Waals surface area contributed by atoms with Crippen molar-refractivity contribution in [3.05, 3.63) is 35.5 Å². The fourth-order valence-electron chi connectivity index (χ4n) is 1.74. The van der Waals surface area contributed by atoms with Crippen LogP contribution in [0.15, 0.2) is 30.5 Å². The number of hydrogen-bond donors (Lipinski definition) is 3. The first-order valence-corrected chi connectivity index (χ1v) is 6.18. The second kappa shape index (κ2) is 5.85. The van der Waals surface area contributed by atoms with Crippen LogP contribution in [0, 0.1) is 0 Å². The zero-order valence-corrected chi connectivity index (χ0v) is 11.1. The van der Waals surface area contributed by atoms with Gasteiger partial charge in [0.15, 0.2) is 0 Å². The summed E-state index contributed by atoms with van der Waals surface area (Å²) in [6.07, 6.45) is 1.14. The van der Waals surface area contributed by atoms with E-state index in [0.717, 1.165) is 0 Å². The molecule has 104 valence electrons. The average Bonchev–Trinajstić information content (AvgIpc) is 2.41. The number of hydrogen-bond acceptors (Lipinski definition) is 4. The quantitative estimate of drug-likeness (QED) is 0.794. The summed E-state index contributed by atoms with van der Waals surface area (Å²) in [5.74, 6) is -1.71. The Balaban J connectivity index is 2.28. The summed E-state index contributed by atoms with van der Waals surface area (Å²) in [7, 11) is 0. The van der Waals surface area contributed by atoms with Gasteiger partial charge < -0.3 is 16.2 Å². The maximum absolute atomic E-state index is 11.8. The van der Waals surface area contributed by atoms with E-state index < -0.39 is 24.3 Å². The first-order chi connectivity index (χ1) is 9.49. The predicted octanol–water partition coefficient (Wildman–Crippen LogP) is 1.63. The minimum atomic E-state index is -1.13. The number of carboxylic acids is 1. The van der Waals surface area contributed by atoms with E-state index >= 15 is 0 Å². The third kappa shape index (κ3) is 3.04. The smallest absolute Gasteiger partial charge is 0.305 e. The van der Waals surface area contributed by atoms with Crippen molar-refractivity contribution in [3.63, 3.8) is 0 Å². The second-order valence-electron chi connectivity index (χ2n) is 4.19. The molecular weight excluding hydrogens is 282 g/mol. The Hall–Kier alpha value is -2.18. The van der Waals surface area contributed by atoms with Crippen molar-refractivity contribution in [1.29, 1.82) is 0 Å². The molecule has 1 aromatic heterocycles. The van der Waals surface area contributed by atoms with Gasteiger partial charge in [-0.3, -0.25) is 14.6 Å². The number of nitrogens with one attached hydrogen (secondary N) is 1. The number of fused-ring (bicyclic) bond motifs is 1. The summed E-state index contributed by atoms with van der Waals surface area (Å²) in [5.41, 5.74) is 6.47. The van der Waals surface area contributed by atoms with Gasteiger partial charge in [0.05, 0.1) is 28.7 Å². The van der Waals surface area contributed by atoms with Gasteiger partial charge in [0.1, 0.15) is 0 Å². The number of nitrogens with zero attached hydrogens (tertiary/aromatic N) is 1. The molecule has 2 aromatic rings. The third-order valence-corrected chi connectivity index (χ3v) is 3.04. The van der Waals surface area contributed by atoms with Crippen LogP contribution in [0.1, 0.15) is 6.42 Å². The van der Waals surface area contributed by atoms with E-state index in [0.29, 0.717) is 21.6 Å². The minimum Gasteiger partial charge on any atom is -0.481 e. The summed E-state index contributed by atoms with van der Waals surface area (Å²) < 4.78 is 0. The normalized spacial score (nSPS) is 12.1. The number of rotatable bonds is 4. The lowest BCUT2D eigenvalue weighted by Gasteiger charge is -2.12. The number of carbonyl (C=O) groups is 2. The Kier molecular flexibility index (Phi) is 4.16. The van der Waals surface area contributed by atoms with Crippen LogP contribution in [-0.2, 0) is 9.59 Å². The van der Waals surface area contributed by atoms with E-state index in [2.05, 4.69) is 10.3 Å². The molecule has 20 heavy (non-hydrogen) atoms. The standard InChI is InChI=1S/C13H12ClN3O3/c14-8-3-4-10(12-7(8)2-1-5-16-12)17-13(20)9(15)6-11(18)19/h1-5,9H,6,15H2,(H,17,20)(H,18,19). The molecule has 1 aromatic carbocycles. The van der Waals surface area contributed by atoms with Gasteiger partial charge in [-0.05, 0) is 24.3 Å². The van der Waals surface area contributed by atoms with E-state index in [1.807, 2.05) is 0 Å². The topological polar surface area (TPSA) is 105 Å². The Morgan fingerprint density at radius 2 is 2.15 bits per heavy atom. The summed E-state index contributed by atoms with van der Waals surface area (Å²) in [4.78, 5) is 26.5. The molecule has 1 amide bonds. The highest BCUT2D eigenvalue weighted by Gasteiger charge is 2.18. The molecule has 0 fully saturated rings. The average molecular weight is 294 g/mol. The first kappa shape index (κ1) is 14.2. The molecule has 0 spiro atoms. The number of carbonyl (C=O) groups excluding carboxylic acids is 1. The zero-order valence-electron chi connectivity index (χ0n) is 10.3. The molecule has 7 heteroatoms. The lowest BCUT2D eigenvalue weighted by Crippen LogP contribution is -2.37. The maximum atomic E-state index is 11.8. The lowest BCUT2D eigenvalue weighted by molar-refractivity contribution is -0.138. The largest absolute Gasteiger partial charge is 0.481 e. The van der Waals surface area contributed by atoms with E-state index in [1.165, 1.54) is 0 Å². The molecule has 2 rings (SSSR count). The number of benzene rings is 1. The van der Waals surface area contributed by atoms with E-state index in [4.69, 9.17) is 22.4 Å². The van der Waals surface area contributed by atoms with Crippen LogP contribution < -0.4 is 11.1 Å². The second-order valence-corrected chi connectivity index (χ2v) is 4.60. The number of halogens is 1. The summed E-state index contributed by atoms with van der Waals surface area (Å²) in [5, 5.41) is 12.4. The van der Waals surface area contributed by atoms with E-state index in [-0.39, 0.29) is 0 Å². The highest BCUT2D eigenvalue weighted by atomic mass is 35.5. The summed E-state index contributed by atoms with van der Waals surface area (Å²) >= 11 is 6.04. The molecule has 0 saturated carbocycles. The minimum absolute atomic E-state index is 0.440. The van der Waals surface area contributed by atoms with Crippen molar-refractivity contribution < 1.29 is 14.7 Å².